The molecule has 0 radical (unpaired) electrons. The fraction of sp³-hybridized carbons (Fsp3) is 0. The number of fused-ring (bicyclic) bond motifs is 6. The first-order valence-corrected chi connectivity index (χ1v) is 19.1. The van der Waals surface area contributed by atoms with Gasteiger partial charge in [0.15, 0.2) is 0 Å². The Kier molecular flexibility index (Phi) is 7.56. The molecule has 0 N–H and O–H groups in total. The molecule has 0 atom stereocenters. The second kappa shape index (κ2) is 12.8. The molecule has 0 saturated carbocycles. The summed E-state index contributed by atoms with van der Waals surface area (Å²) < 4.78 is 5.20. The summed E-state index contributed by atoms with van der Waals surface area (Å²) in [6, 6.07) is 70.3. The number of thiophene rings is 2. The second-order valence-electron chi connectivity index (χ2n) is 13.0. The Balaban J connectivity index is 1.08. The van der Waals surface area contributed by atoms with Crippen LogP contribution >= 0.6 is 22.7 Å². The van der Waals surface area contributed by atoms with Gasteiger partial charge in [-0.2, -0.15) is 0 Å². The molecule has 0 aliphatic rings. The summed E-state index contributed by atoms with van der Waals surface area (Å²) in [6.07, 6.45) is 0. The van der Waals surface area contributed by atoms with Crippen LogP contribution in [0.3, 0.4) is 0 Å². The van der Waals surface area contributed by atoms with Crippen LogP contribution in [0.25, 0.3) is 51.5 Å². The van der Waals surface area contributed by atoms with E-state index in [0.29, 0.717) is 0 Å². The largest absolute Gasteiger partial charge is 0.310 e. The van der Waals surface area contributed by atoms with Crippen molar-refractivity contribution in [2.45, 2.75) is 0 Å². The molecule has 0 fully saturated rings. The van der Waals surface area contributed by atoms with E-state index < -0.39 is 0 Å². The lowest BCUT2D eigenvalue weighted by Gasteiger charge is -2.25. The zero-order chi connectivity index (χ0) is 34.4. The van der Waals surface area contributed by atoms with Crippen LogP contribution in [0.2, 0.25) is 0 Å². The highest BCUT2D eigenvalue weighted by atomic mass is 32.1. The molecule has 0 aliphatic carbocycles. The summed E-state index contributed by atoms with van der Waals surface area (Å²) in [5.74, 6) is 0. The molecule has 0 spiro atoms. The summed E-state index contributed by atoms with van der Waals surface area (Å²) >= 11 is 3.72. The van der Waals surface area contributed by atoms with Crippen LogP contribution in [-0.4, -0.2) is 0 Å². The van der Waals surface area contributed by atoms with Crippen molar-refractivity contribution in [1.29, 1.82) is 0 Å². The maximum atomic E-state index is 2.39. The van der Waals surface area contributed by atoms with Gasteiger partial charge in [-0.3, -0.25) is 0 Å². The Morgan fingerprint density at radius 1 is 0.250 bits per heavy atom. The molecule has 0 unspecified atom stereocenters. The molecule has 2 heterocycles. The van der Waals surface area contributed by atoms with E-state index in [9.17, 15) is 0 Å². The molecule has 0 saturated heterocycles. The van der Waals surface area contributed by atoms with E-state index >= 15 is 0 Å². The number of anilines is 6. The van der Waals surface area contributed by atoms with Gasteiger partial charge >= 0.3 is 0 Å². The number of hydrogen-bond acceptors (Lipinski definition) is 4. The Morgan fingerprint density at radius 2 is 0.538 bits per heavy atom. The predicted molar refractivity (Wildman–Crippen MR) is 227 cm³/mol. The molecular formula is C48H32N2S2. The summed E-state index contributed by atoms with van der Waals surface area (Å²) in [5, 5.41) is 5.15. The van der Waals surface area contributed by atoms with Crippen LogP contribution in [0, 0.1) is 0 Å². The van der Waals surface area contributed by atoms with Gasteiger partial charge in [-0.1, -0.05) is 84.9 Å². The maximum Gasteiger partial charge on any atom is 0.0468 e. The van der Waals surface area contributed by atoms with Crippen molar-refractivity contribution in [3.05, 3.63) is 194 Å². The van der Waals surface area contributed by atoms with Crippen molar-refractivity contribution in [3.8, 4) is 11.1 Å². The molecular weight excluding hydrogens is 669 g/mol. The summed E-state index contributed by atoms with van der Waals surface area (Å²) in [7, 11) is 0. The lowest BCUT2D eigenvalue weighted by molar-refractivity contribution is 1.29. The van der Waals surface area contributed by atoms with Crippen molar-refractivity contribution >= 4 is 97.1 Å². The van der Waals surface area contributed by atoms with Crippen molar-refractivity contribution in [2.24, 2.45) is 0 Å². The normalized spacial score (nSPS) is 11.5. The van der Waals surface area contributed by atoms with Crippen molar-refractivity contribution in [2.75, 3.05) is 9.80 Å². The predicted octanol–water partition coefficient (Wildman–Crippen LogP) is 15.0. The third-order valence-electron chi connectivity index (χ3n) is 9.81. The topological polar surface area (TPSA) is 6.48 Å². The van der Waals surface area contributed by atoms with Gasteiger partial charge in [0.05, 0.1) is 0 Å². The molecule has 0 aliphatic heterocycles. The quantitative estimate of drug-likeness (QED) is 0.163. The number of nitrogens with zero attached hydrogens (tertiary/aromatic N) is 2. The van der Waals surface area contributed by atoms with E-state index in [1.54, 1.807) is 0 Å². The number of para-hydroxylation sites is 4. The van der Waals surface area contributed by atoms with E-state index in [1.807, 2.05) is 22.7 Å². The lowest BCUT2D eigenvalue weighted by atomic mass is 10.0. The lowest BCUT2D eigenvalue weighted by Crippen LogP contribution is -2.09. The highest BCUT2D eigenvalue weighted by molar-refractivity contribution is 7.26. The van der Waals surface area contributed by atoms with E-state index in [1.165, 1.54) is 51.5 Å². The van der Waals surface area contributed by atoms with Gasteiger partial charge in [0.25, 0.3) is 0 Å². The number of benzene rings is 8. The van der Waals surface area contributed by atoms with E-state index in [4.69, 9.17) is 0 Å². The number of rotatable bonds is 7. The first-order valence-electron chi connectivity index (χ1n) is 17.5. The minimum Gasteiger partial charge on any atom is -0.310 e. The highest BCUT2D eigenvalue weighted by Gasteiger charge is 2.17. The zero-order valence-electron chi connectivity index (χ0n) is 28.2. The minimum atomic E-state index is 1.14. The van der Waals surface area contributed by atoms with Gasteiger partial charge in [0.1, 0.15) is 0 Å². The van der Waals surface area contributed by atoms with Gasteiger partial charge < -0.3 is 9.80 Å². The molecule has 2 aromatic heterocycles. The fourth-order valence-electron chi connectivity index (χ4n) is 7.37. The van der Waals surface area contributed by atoms with Crippen LogP contribution in [-0.2, 0) is 0 Å². The van der Waals surface area contributed by atoms with Crippen molar-refractivity contribution in [1.82, 2.24) is 0 Å². The van der Waals surface area contributed by atoms with E-state index in [2.05, 4.69) is 204 Å². The summed E-state index contributed by atoms with van der Waals surface area (Å²) in [4.78, 5) is 4.68. The maximum absolute atomic E-state index is 2.39. The smallest absolute Gasteiger partial charge is 0.0468 e. The Labute approximate surface area is 310 Å². The van der Waals surface area contributed by atoms with Crippen LogP contribution < -0.4 is 9.80 Å². The average Bonchev–Trinajstić information content (AvgIpc) is 3.77. The molecule has 4 heteroatoms. The standard InChI is InChI=1S/C48H32N2S2/c1-5-13-35(14-6-1)49(36-15-7-2-8-16-36)39-23-27-47-43(31-39)41-29-33(21-25-45(41)51-47)34-22-26-46-42(30-34)44-32-40(24-28-48(44)52-46)50(37-17-9-3-10-18-37)38-19-11-4-12-20-38/h1-32H. The van der Waals surface area contributed by atoms with E-state index in [-0.39, 0.29) is 0 Å². The zero-order valence-corrected chi connectivity index (χ0v) is 29.8. The third-order valence-corrected chi connectivity index (χ3v) is 12.1. The van der Waals surface area contributed by atoms with Gasteiger partial charge in [-0.15, -0.1) is 22.7 Å². The fourth-order valence-corrected chi connectivity index (χ4v) is 9.50. The van der Waals surface area contributed by atoms with Crippen molar-refractivity contribution in [3.63, 3.8) is 0 Å². The molecule has 52 heavy (non-hydrogen) atoms. The molecule has 246 valence electrons. The van der Waals surface area contributed by atoms with Gasteiger partial charge in [0, 0.05) is 74.5 Å². The van der Waals surface area contributed by atoms with Crippen LogP contribution in [0.4, 0.5) is 34.1 Å². The van der Waals surface area contributed by atoms with Gasteiger partial charge in [-0.05, 0) is 120 Å². The molecule has 10 aromatic rings. The van der Waals surface area contributed by atoms with Crippen LogP contribution in [0.1, 0.15) is 0 Å². The molecule has 8 aromatic carbocycles. The molecule has 10 rings (SSSR count). The second-order valence-corrected chi connectivity index (χ2v) is 15.2. The SMILES string of the molecule is c1ccc(N(c2ccccc2)c2ccc3sc4ccc(-c5ccc6sc7ccc(N(c8ccccc8)c8ccccc8)cc7c6c5)cc4c3c2)cc1. The van der Waals surface area contributed by atoms with Gasteiger partial charge in [0.2, 0.25) is 0 Å². The Morgan fingerprint density at radius 3 is 0.865 bits per heavy atom. The van der Waals surface area contributed by atoms with Crippen LogP contribution in [0.15, 0.2) is 194 Å². The molecule has 0 bridgehead atoms. The molecule has 0 amide bonds. The first-order chi connectivity index (χ1) is 25.8. The van der Waals surface area contributed by atoms with Crippen molar-refractivity contribution < 1.29 is 0 Å². The monoisotopic (exact) mass is 700 g/mol. The van der Waals surface area contributed by atoms with Crippen LogP contribution in [0.5, 0.6) is 0 Å². The highest BCUT2D eigenvalue weighted by Crippen LogP contribution is 2.44. The third kappa shape index (κ3) is 5.41. The minimum absolute atomic E-state index is 1.14. The summed E-state index contributed by atoms with van der Waals surface area (Å²) in [5.41, 5.74) is 9.33. The van der Waals surface area contributed by atoms with E-state index in [0.717, 1.165) is 34.1 Å². The Bertz CT molecular complexity index is 2570. The Hall–Kier alpha value is -6.20. The average molecular weight is 701 g/mol. The number of hydrogen-bond donors (Lipinski definition) is 0. The van der Waals surface area contributed by atoms with Gasteiger partial charge in [-0.25, -0.2) is 0 Å². The summed E-state index contributed by atoms with van der Waals surface area (Å²) in [6.45, 7) is 0. The first kappa shape index (κ1) is 30.6. The molecule has 2 nitrogen and oxygen atoms in total.